The molecule has 1 aromatic heterocycles. The average Bonchev–Trinajstić information content (AvgIpc) is 2.13. The van der Waals surface area contributed by atoms with Crippen molar-refractivity contribution in [3.63, 3.8) is 0 Å². The molecule has 2 N–H and O–H groups in total. The maximum atomic E-state index is 10.7. The van der Waals surface area contributed by atoms with Gasteiger partial charge in [0.2, 0.25) is 10.0 Å². The van der Waals surface area contributed by atoms with Crippen molar-refractivity contribution in [1.29, 1.82) is 0 Å². The van der Waals surface area contributed by atoms with Crippen LogP contribution in [0.4, 0.5) is 5.82 Å². The largest absolute Gasteiger partial charge is 0.369 e. The fourth-order valence-corrected chi connectivity index (χ4v) is 1.37. The Labute approximate surface area is 83.6 Å². The zero-order valence-corrected chi connectivity index (χ0v) is 8.71. The Morgan fingerprint density at radius 2 is 2.14 bits per heavy atom. The summed E-state index contributed by atoms with van der Waals surface area (Å²) in [6.07, 6.45) is 2.81. The molecule has 0 saturated carbocycles. The Morgan fingerprint density at radius 3 is 2.71 bits per heavy atom. The summed E-state index contributed by atoms with van der Waals surface area (Å²) < 4.78 is 23.8. The van der Waals surface area contributed by atoms with Crippen molar-refractivity contribution in [2.45, 2.75) is 0 Å². The van der Waals surface area contributed by atoms with Gasteiger partial charge < -0.3 is 5.32 Å². The number of sulfonamides is 1. The van der Waals surface area contributed by atoms with E-state index >= 15 is 0 Å². The SMILES string of the molecule is CS(=O)(=O)NCCNc1ccccn1. The summed E-state index contributed by atoms with van der Waals surface area (Å²) in [5.74, 6) is 0.739. The van der Waals surface area contributed by atoms with E-state index in [2.05, 4.69) is 15.0 Å². The van der Waals surface area contributed by atoms with Crippen LogP contribution in [0.5, 0.6) is 0 Å². The van der Waals surface area contributed by atoms with Crippen LogP contribution in [0.3, 0.4) is 0 Å². The molecule has 0 spiro atoms. The molecule has 1 rings (SSSR count). The van der Waals surface area contributed by atoms with Crippen LogP contribution in [-0.4, -0.2) is 32.7 Å². The third-order valence-corrected chi connectivity index (χ3v) is 2.19. The van der Waals surface area contributed by atoms with E-state index in [1.807, 2.05) is 18.2 Å². The van der Waals surface area contributed by atoms with Crippen molar-refractivity contribution in [2.75, 3.05) is 24.7 Å². The highest BCUT2D eigenvalue weighted by atomic mass is 32.2. The minimum Gasteiger partial charge on any atom is -0.369 e. The Bertz CT molecular complexity index is 363. The van der Waals surface area contributed by atoms with Gasteiger partial charge in [-0.15, -0.1) is 0 Å². The van der Waals surface area contributed by atoms with Crippen molar-refractivity contribution in [3.05, 3.63) is 24.4 Å². The van der Waals surface area contributed by atoms with Gasteiger partial charge in [0.15, 0.2) is 0 Å². The number of anilines is 1. The molecule has 6 heteroatoms. The van der Waals surface area contributed by atoms with E-state index in [9.17, 15) is 8.42 Å². The topological polar surface area (TPSA) is 71.1 Å². The Balaban J connectivity index is 2.23. The summed E-state index contributed by atoms with van der Waals surface area (Å²) in [6.45, 7) is 0.874. The minimum absolute atomic E-state index is 0.357. The van der Waals surface area contributed by atoms with Crippen LogP contribution in [-0.2, 0) is 10.0 Å². The van der Waals surface area contributed by atoms with Crippen molar-refractivity contribution in [3.8, 4) is 0 Å². The number of nitrogens with zero attached hydrogens (tertiary/aromatic N) is 1. The van der Waals surface area contributed by atoms with E-state index in [0.717, 1.165) is 12.1 Å². The number of nitrogens with one attached hydrogen (secondary N) is 2. The molecule has 0 aliphatic carbocycles. The van der Waals surface area contributed by atoms with Crippen LogP contribution in [0.25, 0.3) is 0 Å². The molecular formula is C8H13N3O2S. The van der Waals surface area contributed by atoms with Crippen LogP contribution < -0.4 is 10.0 Å². The van der Waals surface area contributed by atoms with Gasteiger partial charge in [-0.25, -0.2) is 18.1 Å². The summed E-state index contributed by atoms with van der Waals surface area (Å²) in [5, 5.41) is 2.98. The zero-order valence-electron chi connectivity index (χ0n) is 7.90. The standard InChI is InChI=1S/C8H13N3O2S/c1-14(12,13)11-7-6-10-8-4-2-3-5-9-8/h2-5,11H,6-7H2,1H3,(H,9,10). The van der Waals surface area contributed by atoms with Gasteiger partial charge in [-0.3, -0.25) is 0 Å². The maximum Gasteiger partial charge on any atom is 0.208 e. The molecule has 0 saturated heterocycles. The second kappa shape index (κ2) is 4.92. The van der Waals surface area contributed by atoms with Gasteiger partial charge in [-0.05, 0) is 12.1 Å². The van der Waals surface area contributed by atoms with Gasteiger partial charge in [-0.2, -0.15) is 0 Å². The van der Waals surface area contributed by atoms with Crippen molar-refractivity contribution < 1.29 is 8.42 Å². The second-order valence-electron chi connectivity index (χ2n) is 2.81. The summed E-state index contributed by atoms with van der Waals surface area (Å²) >= 11 is 0. The molecule has 0 amide bonds. The smallest absolute Gasteiger partial charge is 0.208 e. The van der Waals surface area contributed by atoms with E-state index < -0.39 is 10.0 Å². The lowest BCUT2D eigenvalue weighted by Gasteiger charge is -2.04. The zero-order chi connectivity index (χ0) is 10.4. The van der Waals surface area contributed by atoms with E-state index in [-0.39, 0.29) is 0 Å². The third-order valence-electron chi connectivity index (χ3n) is 1.46. The van der Waals surface area contributed by atoms with Gasteiger partial charge in [0.1, 0.15) is 5.82 Å². The first kappa shape index (κ1) is 10.9. The predicted octanol–water partition coefficient (Wildman–Crippen LogP) is 0.0427. The molecular weight excluding hydrogens is 202 g/mol. The normalized spacial score (nSPS) is 11.2. The summed E-state index contributed by atoms with van der Waals surface area (Å²) in [7, 11) is -3.09. The van der Waals surface area contributed by atoms with E-state index in [1.165, 1.54) is 0 Å². The first-order valence-electron chi connectivity index (χ1n) is 4.17. The molecule has 14 heavy (non-hydrogen) atoms. The number of aromatic nitrogens is 1. The molecule has 0 aliphatic rings. The van der Waals surface area contributed by atoms with Gasteiger partial charge in [-0.1, -0.05) is 6.07 Å². The highest BCUT2D eigenvalue weighted by Crippen LogP contribution is 1.97. The Morgan fingerprint density at radius 1 is 1.36 bits per heavy atom. The Hall–Kier alpha value is -1.14. The highest BCUT2D eigenvalue weighted by Gasteiger charge is 1.98. The first-order chi connectivity index (χ1) is 6.58. The molecule has 0 unspecified atom stereocenters. The molecule has 0 aliphatic heterocycles. The number of pyridine rings is 1. The quantitative estimate of drug-likeness (QED) is 0.680. The van der Waals surface area contributed by atoms with Gasteiger partial charge in [0, 0.05) is 19.3 Å². The molecule has 78 valence electrons. The van der Waals surface area contributed by atoms with E-state index in [4.69, 9.17) is 0 Å². The first-order valence-corrected chi connectivity index (χ1v) is 6.06. The molecule has 0 radical (unpaired) electrons. The van der Waals surface area contributed by atoms with Crippen LogP contribution in [0, 0.1) is 0 Å². The van der Waals surface area contributed by atoms with Crippen molar-refractivity contribution in [1.82, 2.24) is 9.71 Å². The molecule has 1 heterocycles. The van der Waals surface area contributed by atoms with E-state index in [1.54, 1.807) is 6.20 Å². The van der Waals surface area contributed by atoms with Gasteiger partial charge in [0.05, 0.1) is 6.26 Å². The lowest BCUT2D eigenvalue weighted by molar-refractivity contribution is 0.589. The number of hydrogen-bond acceptors (Lipinski definition) is 4. The maximum absolute atomic E-state index is 10.7. The highest BCUT2D eigenvalue weighted by molar-refractivity contribution is 7.88. The molecule has 0 aromatic carbocycles. The van der Waals surface area contributed by atoms with Gasteiger partial charge in [0.25, 0.3) is 0 Å². The van der Waals surface area contributed by atoms with Crippen LogP contribution in [0.15, 0.2) is 24.4 Å². The lowest BCUT2D eigenvalue weighted by Crippen LogP contribution is -2.27. The third kappa shape index (κ3) is 4.78. The fourth-order valence-electron chi connectivity index (χ4n) is 0.894. The Kier molecular flexibility index (Phi) is 3.84. The number of hydrogen-bond donors (Lipinski definition) is 2. The molecule has 0 atom stereocenters. The van der Waals surface area contributed by atoms with Crippen molar-refractivity contribution >= 4 is 15.8 Å². The van der Waals surface area contributed by atoms with Crippen LogP contribution in [0.1, 0.15) is 0 Å². The summed E-state index contributed by atoms with van der Waals surface area (Å²) in [4.78, 5) is 4.02. The molecule has 1 aromatic rings. The van der Waals surface area contributed by atoms with Crippen molar-refractivity contribution in [2.24, 2.45) is 0 Å². The molecule has 0 fully saturated rings. The lowest BCUT2D eigenvalue weighted by atomic mass is 10.4. The second-order valence-corrected chi connectivity index (χ2v) is 4.64. The fraction of sp³-hybridized carbons (Fsp3) is 0.375. The average molecular weight is 215 g/mol. The summed E-state index contributed by atoms with van der Waals surface area (Å²) in [6, 6.07) is 5.50. The number of rotatable bonds is 5. The van der Waals surface area contributed by atoms with Crippen LogP contribution >= 0.6 is 0 Å². The predicted molar refractivity (Wildman–Crippen MR) is 55.6 cm³/mol. The summed E-state index contributed by atoms with van der Waals surface area (Å²) in [5.41, 5.74) is 0. The van der Waals surface area contributed by atoms with Crippen LogP contribution in [0.2, 0.25) is 0 Å². The minimum atomic E-state index is -3.09. The molecule has 0 bridgehead atoms. The molecule has 5 nitrogen and oxygen atoms in total. The monoisotopic (exact) mass is 215 g/mol. The van der Waals surface area contributed by atoms with E-state index in [0.29, 0.717) is 13.1 Å². The van der Waals surface area contributed by atoms with Gasteiger partial charge >= 0.3 is 0 Å².